The van der Waals surface area contributed by atoms with Crippen LogP contribution in [0.3, 0.4) is 0 Å². The first-order valence-electron chi connectivity index (χ1n) is 5.42. The summed E-state index contributed by atoms with van der Waals surface area (Å²) in [6.07, 6.45) is 1.74. The molecule has 2 aliphatic heterocycles. The number of halogens is 1. The maximum atomic E-state index is 11.6. The fraction of sp³-hybridized carbons (Fsp3) is 0.500. The molecule has 0 radical (unpaired) electrons. The molecule has 17 heavy (non-hydrogen) atoms. The predicted octanol–water partition coefficient (Wildman–Crippen LogP) is 0.873. The molecule has 0 amide bonds. The van der Waals surface area contributed by atoms with Crippen molar-refractivity contribution < 1.29 is 8.42 Å². The largest absolute Gasteiger partial charge is 0.380 e. The first kappa shape index (κ1) is 11.3. The molecule has 92 valence electrons. The Bertz CT molecular complexity index is 561. The lowest BCUT2D eigenvalue weighted by Gasteiger charge is -2.41. The summed E-state index contributed by atoms with van der Waals surface area (Å²) < 4.78 is 24.1. The molecule has 1 unspecified atom stereocenters. The van der Waals surface area contributed by atoms with Crippen molar-refractivity contribution in [2.75, 3.05) is 34.8 Å². The lowest BCUT2D eigenvalue weighted by molar-refractivity contribution is 0.557. The van der Waals surface area contributed by atoms with Crippen LogP contribution in [-0.4, -0.2) is 44.0 Å². The lowest BCUT2D eigenvalue weighted by atomic mass is 10.2. The van der Waals surface area contributed by atoms with Gasteiger partial charge in [0, 0.05) is 23.8 Å². The van der Waals surface area contributed by atoms with Gasteiger partial charge in [-0.1, -0.05) is 0 Å². The molecule has 0 spiro atoms. The SMILES string of the molecule is O=S1(=O)CCN2c3ncc(Br)cc3NCC2C1. The van der Waals surface area contributed by atoms with E-state index in [1.54, 1.807) is 6.20 Å². The first-order valence-corrected chi connectivity index (χ1v) is 8.03. The summed E-state index contributed by atoms with van der Waals surface area (Å²) >= 11 is 3.38. The highest BCUT2D eigenvalue weighted by atomic mass is 79.9. The van der Waals surface area contributed by atoms with Gasteiger partial charge in [-0.15, -0.1) is 0 Å². The highest BCUT2D eigenvalue weighted by Crippen LogP contribution is 2.33. The second kappa shape index (κ2) is 3.84. The summed E-state index contributed by atoms with van der Waals surface area (Å²) in [5.41, 5.74) is 0.968. The van der Waals surface area contributed by atoms with Gasteiger partial charge in [-0.25, -0.2) is 13.4 Å². The van der Waals surface area contributed by atoms with Crippen LogP contribution in [0.5, 0.6) is 0 Å². The number of hydrogen-bond donors (Lipinski definition) is 1. The van der Waals surface area contributed by atoms with Gasteiger partial charge in [0.1, 0.15) is 0 Å². The Hall–Kier alpha value is -0.820. The molecule has 3 rings (SSSR count). The Labute approximate surface area is 108 Å². The molecule has 1 N–H and O–H groups in total. The normalized spacial score (nSPS) is 25.7. The van der Waals surface area contributed by atoms with E-state index in [0.29, 0.717) is 13.1 Å². The van der Waals surface area contributed by atoms with E-state index in [-0.39, 0.29) is 17.5 Å². The van der Waals surface area contributed by atoms with Gasteiger partial charge in [-0.3, -0.25) is 0 Å². The van der Waals surface area contributed by atoms with Crippen molar-refractivity contribution >= 4 is 37.3 Å². The van der Waals surface area contributed by atoms with Crippen LogP contribution < -0.4 is 10.2 Å². The zero-order chi connectivity index (χ0) is 12.0. The lowest BCUT2D eigenvalue weighted by Crippen LogP contribution is -2.54. The van der Waals surface area contributed by atoms with Crippen molar-refractivity contribution in [3.63, 3.8) is 0 Å². The molecule has 3 heterocycles. The van der Waals surface area contributed by atoms with E-state index in [0.717, 1.165) is 16.0 Å². The highest BCUT2D eigenvalue weighted by Gasteiger charge is 2.35. The molecule has 1 aromatic rings. The Kier molecular flexibility index (Phi) is 2.55. The van der Waals surface area contributed by atoms with Gasteiger partial charge < -0.3 is 10.2 Å². The molecule has 0 saturated carbocycles. The molecule has 0 aromatic carbocycles. The summed E-state index contributed by atoms with van der Waals surface area (Å²) in [4.78, 5) is 6.47. The van der Waals surface area contributed by atoms with Crippen molar-refractivity contribution in [2.45, 2.75) is 6.04 Å². The summed E-state index contributed by atoms with van der Waals surface area (Å²) in [6.45, 7) is 1.20. The Morgan fingerprint density at radius 1 is 1.53 bits per heavy atom. The minimum atomic E-state index is -2.88. The third-order valence-corrected chi connectivity index (χ3v) is 5.29. The molecule has 0 bridgehead atoms. The summed E-state index contributed by atoms with van der Waals surface area (Å²) in [5, 5.41) is 3.24. The summed E-state index contributed by atoms with van der Waals surface area (Å²) in [5.74, 6) is 1.30. The molecule has 1 saturated heterocycles. The third-order valence-electron chi connectivity index (χ3n) is 3.16. The van der Waals surface area contributed by atoms with Gasteiger partial charge in [0.05, 0.1) is 23.2 Å². The van der Waals surface area contributed by atoms with E-state index in [2.05, 4.69) is 31.1 Å². The average Bonchev–Trinajstić information content (AvgIpc) is 2.27. The van der Waals surface area contributed by atoms with Crippen molar-refractivity contribution in [1.29, 1.82) is 0 Å². The number of nitrogens with zero attached hydrogens (tertiary/aromatic N) is 2. The standard InChI is InChI=1S/C10H12BrN3O2S/c11-7-3-9-10(13-4-7)14-1-2-17(15,16)6-8(14)5-12-9/h3-4,8,12H,1-2,5-6H2. The van der Waals surface area contributed by atoms with Gasteiger partial charge >= 0.3 is 0 Å². The van der Waals surface area contributed by atoms with Crippen LogP contribution in [0.2, 0.25) is 0 Å². The van der Waals surface area contributed by atoms with E-state index < -0.39 is 9.84 Å². The molecule has 1 fully saturated rings. The van der Waals surface area contributed by atoms with Gasteiger partial charge in [-0.2, -0.15) is 0 Å². The zero-order valence-electron chi connectivity index (χ0n) is 9.06. The number of pyridine rings is 1. The maximum Gasteiger partial charge on any atom is 0.154 e. The van der Waals surface area contributed by atoms with E-state index >= 15 is 0 Å². The number of hydrogen-bond acceptors (Lipinski definition) is 5. The molecular formula is C10H12BrN3O2S. The molecule has 7 heteroatoms. The average molecular weight is 318 g/mol. The number of nitrogens with one attached hydrogen (secondary N) is 1. The van der Waals surface area contributed by atoms with Crippen LogP contribution in [0, 0.1) is 0 Å². The number of anilines is 2. The molecule has 1 aromatic heterocycles. The quantitative estimate of drug-likeness (QED) is 0.769. The van der Waals surface area contributed by atoms with Crippen LogP contribution in [0.1, 0.15) is 0 Å². The number of rotatable bonds is 0. The maximum absolute atomic E-state index is 11.6. The van der Waals surface area contributed by atoms with Crippen LogP contribution >= 0.6 is 15.9 Å². The summed E-state index contributed by atoms with van der Waals surface area (Å²) in [7, 11) is -2.88. The topological polar surface area (TPSA) is 62.3 Å². The van der Waals surface area contributed by atoms with Crippen LogP contribution in [0.25, 0.3) is 0 Å². The first-order chi connectivity index (χ1) is 8.05. The number of fused-ring (bicyclic) bond motifs is 3. The van der Waals surface area contributed by atoms with E-state index in [4.69, 9.17) is 0 Å². The molecule has 2 aliphatic rings. The van der Waals surface area contributed by atoms with Crippen LogP contribution in [-0.2, 0) is 9.84 Å². The third kappa shape index (κ3) is 2.01. The van der Waals surface area contributed by atoms with Gasteiger partial charge in [0.15, 0.2) is 15.7 Å². The van der Waals surface area contributed by atoms with Gasteiger partial charge in [0.25, 0.3) is 0 Å². The predicted molar refractivity (Wildman–Crippen MR) is 70.2 cm³/mol. The molecule has 5 nitrogen and oxygen atoms in total. The van der Waals surface area contributed by atoms with E-state index in [9.17, 15) is 8.42 Å². The Balaban J connectivity index is 1.98. The van der Waals surface area contributed by atoms with Crippen LogP contribution in [0.4, 0.5) is 11.5 Å². The summed E-state index contributed by atoms with van der Waals surface area (Å²) in [6, 6.07) is 1.98. The van der Waals surface area contributed by atoms with Crippen molar-refractivity contribution in [2.24, 2.45) is 0 Å². The Morgan fingerprint density at radius 3 is 3.18 bits per heavy atom. The Morgan fingerprint density at radius 2 is 2.35 bits per heavy atom. The fourth-order valence-corrected chi connectivity index (χ4v) is 4.21. The van der Waals surface area contributed by atoms with Crippen molar-refractivity contribution in [3.8, 4) is 0 Å². The van der Waals surface area contributed by atoms with Gasteiger partial charge in [0.2, 0.25) is 0 Å². The number of aromatic nitrogens is 1. The van der Waals surface area contributed by atoms with Crippen molar-refractivity contribution in [1.82, 2.24) is 4.98 Å². The monoisotopic (exact) mass is 317 g/mol. The van der Waals surface area contributed by atoms with E-state index in [1.165, 1.54) is 0 Å². The fourth-order valence-electron chi connectivity index (χ4n) is 2.35. The van der Waals surface area contributed by atoms with E-state index in [1.807, 2.05) is 6.07 Å². The molecule has 0 aliphatic carbocycles. The second-order valence-electron chi connectivity index (χ2n) is 4.37. The minimum absolute atomic E-state index is 0.00919. The van der Waals surface area contributed by atoms with Crippen LogP contribution in [0.15, 0.2) is 16.7 Å². The molecule has 1 atom stereocenters. The van der Waals surface area contributed by atoms with Gasteiger partial charge in [-0.05, 0) is 22.0 Å². The smallest absolute Gasteiger partial charge is 0.154 e. The second-order valence-corrected chi connectivity index (χ2v) is 7.51. The minimum Gasteiger partial charge on any atom is -0.380 e. The number of sulfone groups is 1. The zero-order valence-corrected chi connectivity index (χ0v) is 11.5. The highest BCUT2D eigenvalue weighted by molar-refractivity contribution is 9.10. The molecular weight excluding hydrogens is 306 g/mol. The van der Waals surface area contributed by atoms with Crippen molar-refractivity contribution in [3.05, 3.63) is 16.7 Å².